The number of carboxylic acids is 1. The van der Waals surface area contributed by atoms with Crippen LogP contribution >= 0.6 is 0 Å². The highest BCUT2D eigenvalue weighted by atomic mass is 16.5. The summed E-state index contributed by atoms with van der Waals surface area (Å²) in [4.78, 5) is 23.0. The van der Waals surface area contributed by atoms with E-state index < -0.39 is 17.3 Å². The van der Waals surface area contributed by atoms with Crippen LogP contribution in [0.15, 0.2) is 0 Å². The van der Waals surface area contributed by atoms with Crippen molar-refractivity contribution < 1.29 is 19.4 Å². The average molecular weight is 212 g/mol. The Morgan fingerprint density at radius 2 is 2.00 bits per heavy atom. The molecule has 2 aliphatic rings. The van der Waals surface area contributed by atoms with Gasteiger partial charge in [0, 0.05) is 0 Å². The molecule has 0 saturated heterocycles. The molecule has 0 aromatic heterocycles. The van der Waals surface area contributed by atoms with E-state index in [0.29, 0.717) is 19.4 Å². The zero-order valence-electron chi connectivity index (χ0n) is 8.86. The summed E-state index contributed by atoms with van der Waals surface area (Å²) in [6, 6.07) is 0. The Kier molecular flexibility index (Phi) is 2.44. The fourth-order valence-corrected chi connectivity index (χ4v) is 3.29. The van der Waals surface area contributed by atoms with Crippen molar-refractivity contribution in [2.45, 2.75) is 32.6 Å². The number of rotatable bonds is 3. The zero-order chi connectivity index (χ0) is 11.1. The molecule has 4 heteroatoms. The fraction of sp³-hybridized carbons (Fsp3) is 0.818. The van der Waals surface area contributed by atoms with Crippen molar-refractivity contribution >= 4 is 11.9 Å². The lowest BCUT2D eigenvalue weighted by Gasteiger charge is -2.26. The number of aliphatic carboxylic acids is 1. The standard InChI is InChI=1S/C11H16O4/c1-2-15-10(14)11-5-3-7(4-6-11)8(11)9(12)13/h7-8H,2-6H2,1H3,(H,12,13). The third-order valence-electron chi connectivity index (χ3n) is 3.94. The van der Waals surface area contributed by atoms with Gasteiger partial charge < -0.3 is 9.84 Å². The molecule has 84 valence electrons. The first kappa shape index (κ1) is 10.5. The normalized spacial score (nSPS) is 37.9. The van der Waals surface area contributed by atoms with E-state index in [1.165, 1.54) is 0 Å². The molecular weight excluding hydrogens is 196 g/mol. The number of carbonyl (C=O) groups excluding carboxylic acids is 1. The summed E-state index contributed by atoms with van der Waals surface area (Å²) in [6.45, 7) is 2.09. The molecule has 1 atom stereocenters. The predicted molar refractivity (Wildman–Crippen MR) is 52.1 cm³/mol. The van der Waals surface area contributed by atoms with Crippen LogP contribution < -0.4 is 0 Å². The van der Waals surface area contributed by atoms with Gasteiger partial charge in [-0.15, -0.1) is 0 Å². The lowest BCUT2D eigenvalue weighted by Crippen LogP contribution is -2.38. The number of fused-ring (bicyclic) bond motifs is 2. The molecule has 15 heavy (non-hydrogen) atoms. The van der Waals surface area contributed by atoms with E-state index in [-0.39, 0.29) is 11.9 Å². The first-order valence-electron chi connectivity index (χ1n) is 5.52. The molecule has 2 aliphatic carbocycles. The molecule has 2 fully saturated rings. The fourth-order valence-electron chi connectivity index (χ4n) is 3.29. The van der Waals surface area contributed by atoms with E-state index in [2.05, 4.69) is 0 Å². The highest BCUT2D eigenvalue weighted by Crippen LogP contribution is 2.59. The summed E-state index contributed by atoms with van der Waals surface area (Å²) in [5, 5.41) is 9.17. The van der Waals surface area contributed by atoms with Crippen LogP contribution in [0.4, 0.5) is 0 Å². The second kappa shape index (κ2) is 3.51. The molecule has 2 rings (SSSR count). The van der Waals surface area contributed by atoms with E-state index in [1.807, 2.05) is 0 Å². The SMILES string of the molecule is CCOC(=O)C12CCC(CC1)C2C(=O)O. The summed E-state index contributed by atoms with van der Waals surface area (Å²) in [5.74, 6) is -1.44. The number of esters is 1. The average Bonchev–Trinajstić information content (AvgIpc) is 2.73. The number of carboxylic acid groups (broad SMARTS) is 1. The Balaban J connectivity index is 2.25. The van der Waals surface area contributed by atoms with Crippen LogP contribution in [-0.4, -0.2) is 23.7 Å². The molecule has 0 aromatic rings. The molecule has 0 aliphatic heterocycles. The maximum absolute atomic E-state index is 11.9. The molecule has 0 amide bonds. The topological polar surface area (TPSA) is 63.6 Å². The number of hydrogen-bond donors (Lipinski definition) is 1. The van der Waals surface area contributed by atoms with Gasteiger partial charge in [-0.3, -0.25) is 9.59 Å². The van der Waals surface area contributed by atoms with Gasteiger partial charge in [0.2, 0.25) is 0 Å². The van der Waals surface area contributed by atoms with E-state index in [4.69, 9.17) is 9.84 Å². The van der Waals surface area contributed by atoms with Crippen LogP contribution in [0.25, 0.3) is 0 Å². The Hall–Kier alpha value is -1.06. The first-order valence-corrected chi connectivity index (χ1v) is 5.52. The minimum atomic E-state index is -0.831. The smallest absolute Gasteiger partial charge is 0.312 e. The summed E-state index contributed by atoms with van der Waals surface area (Å²) < 4.78 is 5.02. The maximum atomic E-state index is 11.9. The van der Waals surface area contributed by atoms with Gasteiger partial charge in [0.05, 0.1) is 17.9 Å². The third kappa shape index (κ3) is 1.34. The van der Waals surface area contributed by atoms with Crippen molar-refractivity contribution in [3.8, 4) is 0 Å². The van der Waals surface area contributed by atoms with Crippen molar-refractivity contribution in [3.63, 3.8) is 0 Å². The molecular formula is C11H16O4. The van der Waals surface area contributed by atoms with Crippen LogP contribution in [0.5, 0.6) is 0 Å². The second-order valence-electron chi connectivity index (χ2n) is 4.53. The monoisotopic (exact) mass is 212 g/mol. The molecule has 0 heterocycles. The van der Waals surface area contributed by atoms with Crippen LogP contribution in [0.2, 0.25) is 0 Å². The molecule has 0 aromatic carbocycles. The molecule has 0 radical (unpaired) electrons. The quantitative estimate of drug-likeness (QED) is 0.719. The van der Waals surface area contributed by atoms with Gasteiger partial charge >= 0.3 is 11.9 Å². The maximum Gasteiger partial charge on any atom is 0.312 e. The molecule has 2 bridgehead atoms. The zero-order valence-corrected chi connectivity index (χ0v) is 8.86. The molecule has 4 nitrogen and oxygen atoms in total. The van der Waals surface area contributed by atoms with Crippen LogP contribution in [-0.2, 0) is 14.3 Å². The Labute approximate surface area is 88.6 Å². The molecule has 1 unspecified atom stereocenters. The largest absolute Gasteiger partial charge is 0.481 e. The molecule has 0 spiro atoms. The van der Waals surface area contributed by atoms with Gasteiger partial charge in [-0.05, 0) is 38.5 Å². The first-order chi connectivity index (χ1) is 7.12. The highest BCUT2D eigenvalue weighted by molar-refractivity contribution is 5.86. The summed E-state index contributed by atoms with van der Waals surface area (Å²) in [7, 11) is 0. The highest BCUT2D eigenvalue weighted by Gasteiger charge is 2.61. The number of hydrogen-bond acceptors (Lipinski definition) is 3. The van der Waals surface area contributed by atoms with Gasteiger partial charge in [0.25, 0.3) is 0 Å². The van der Waals surface area contributed by atoms with Crippen molar-refractivity contribution in [1.82, 2.24) is 0 Å². The van der Waals surface area contributed by atoms with E-state index >= 15 is 0 Å². The lowest BCUT2D eigenvalue weighted by atomic mass is 9.79. The Bertz CT molecular complexity index is 289. The van der Waals surface area contributed by atoms with Crippen LogP contribution in [0, 0.1) is 17.3 Å². The van der Waals surface area contributed by atoms with Gasteiger partial charge in [-0.25, -0.2) is 0 Å². The van der Waals surface area contributed by atoms with Crippen molar-refractivity contribution in [2.24, 2.45) is 17.3 Å². The Morgan fingerprint density at radius 1 is 1.40 bits per heavy atom. The van der Waals surface area contributed by atoms with E-state index in [0.717, 1.165) is 12.8 Å². The van der Waals surface area contributed by atoms with E-state index in [9.17, 15) is 9.59 Å². The van der Waals surface area contributed by atoms with Gasteiger partial charge in [0.1, 0.15) is 0 Å². The van der Waals surface area contributed by atoms with Crippen molar-refractivity contribution in [1.29, 1.82) is 0 Å². The predicted octanol–water partition coefficient (Wildman–Crippen LogP) is 1.44. The summed E-state index contributed by atoms with van der Waals surface area (Å²) in [5.41, 5.74) is -0.702. The lowest BCUT2D eigenvalue weighted by molar-refractivity contribution is -0.164. The number of ether oxygens (including phenoxy) is 1. The van der Waals surface area contributed by atoms with E-state index in [1.54, 1.807) is 6.92 Å². The van der Waals surface area contributed by atoms with Crippen LogP contribution in [0.1, 0.15) is 32.6 Å². The van der Waals surface area contributed by atoms with Crippen molar-refractivity contribution in [3.05, 3.63) is 0 Å². The minimum Gasteiger partial charge on any atom is -0.481 e. The molecule has 1 N–H and O–H groups in total. The van der Waals surface area contributed by atoms with Crippen LogP contribution in [0.3, 0.4) is 0 Å². The second-order valence-corrected chi connectivity index (χ2v) is 4.53. The summed E-state index contributed by atoms with van der Waals surface area (Å²) >= 11 is 0. The Morgan fingerprint density at radius 3 is 2.47 bits per heavy atom. The van der Waals surface area contributed by atoms with Crippen molar-refractivity contribution in [2.75, 3.05) is 6.61 Å². The van der Waals surface area contributed by atoms with Gasteiger partial charge in [0.15, 0.2) is 0 Å². The van der Waals surface area contributed by atoms with Gasteiger partial charge in [-0.1, -0.05) is 0 Å². The molecule has 2 saturated carbocycles. The summed E-state index contributed by atoms with van der Waals surface area (Å²) in [6.07, 6.45) is 3.09. The third-order valence-corrected chi connectivity index (χ3v) is 3.94. The number of carbonyl (C=O) groups is 2. The van der Waals surface area contributed by atoms with Gasteiger partial charge in [-0.2, -0.15) is 0 Å². The minimum absolute atomic E-state index is 0.187.